The van der Waals surface area contributed by atoms with E-state index in [4.69, 9.17) is 31.8 Å². The highest BCUT2D eigenvalue weighted by Gasteiger charge is 2.40. The number of H-pyrrole nitrogens is 1. The molecule has 5 rings (SSSR count). The quantitative estimate of drug-likeness (QED) is 0.289. The molecule has 4 N–H and O–H groups in total. The number of rotatable bonds is 8. The molecule has 0 bridgehead atoms. The van der Waals surface area contributed by atoms with Crippen molar-refractivity contribution in [2.75, 3.05) is 19.8 Å². The van der Waals surface area contributed by atoms with E-state index in [0.717, 1.165) is 16.7 Å². The molecule has 1 aliphatic rings. The minimum absolute atomic E-state index is 0.0906. The average Bonchev–Trinajstić information content (AvgIpc) is 3.21. The van der Waals surface area contributed by atoms with E-state index in [1.54, 1.807) is 6.07 Å². The molecule has 1 saturated heterocycles. The number of hydrogen-bond donors (Lipinski definition) is 3. The summed E-state index contributed by atoms with van der Waals surface area (Å²) in [4.78, 5) is 28.7. The molecule has 0 spiro atoms. The van der Waals surface area contributed by atoms with Crippen LogP contribution in [0.1, 0.15) is 31.9 Å². The SMILES string of the molecule is CC(=O)NC(C)(C)c1ccc(Oc2nc3nc(-c4ccc(C5(CON)COC5)cc4)c(Cl)cc3[nH]2)cc1. The van der Waals surface area contributed by atoms with Crippen LogP contribution < -0.4 is 16.0 Å². The third kappa shape index (κ3) is 5.03. The molecule has 2 aromatic heterocycles. The number of carbonyl (C=O) groups is 1. The van der Waals surface area contributed by atoms with E-state index in [2.05, 4.69) is 20.3 Å². The second kappa shape index (κ2) is 9.75. The Bertz CT molecular complexity index is 1430. The van der Waals surface area contributed by atoms with Gasteiger partial charge in [0, 0.05) is 12.5 Å². The Morgan fingerprint density at radius 3 is 2.46 bits per heavy atom. The Kier molecular flexibility index (Phi) is 6.63. The highest BCUT2D eigenvalue weighted by molar-refractivity contribution is 6.33. The van der Waals surface area contributed by atoms with Crippen LogP contribution in [0.15, 0.2) is 54.6 Å². The number of aromatic nitrogens is 3. The topological polar surface area (TPSA) is 124 Å². The maximum atomic E-state index is 11.5. The van der Waals surface area contributed by atoms with E-state index in [9.17, 15) is 4.79 Å². The molecule has 37 heavy (non-hydrogen) atoms. The van der Waals surface area contributed by atoms with Gasteiger partial charge in [0.05, 0.1) is 47.0 Å². The van der Waals surface area contributed by atoms with Gasteiger partial charge in [0.2, 0.25) is 5.91 Å². The maximum Gasteiger partial charge on any atom is 0.301 e. The first-order chi connectivity index (χ1) is 17.7. The van der Waals surface area contributed by atoms with Gasteiger partial charge in [-0.25, -0.2) is 10.9 Å². The summed E-state index contributed by atoms with van der Waals surface area (Å²) in [6.07, 6.45) is 0. The number of pyridine rings is 1. The summed E-state index contributed by atoms with van der Waals surface area (Å²) in [6, 6.07) is 17.5. The Balaban J connectivity index is 1.35. The molecule has 192 valence electrons. The number of halogens is 1. The number of nitrogens with one attached hydrogen (secondary N) is 2. The van der Waals surface area contributed by atoms with Gasteiger partial charge in [-0.05, 0) is 43.2 Å². The van der Waals surface area contributed by atoms with Gasteiger partial charge in [0.25, 0.3) is 0 Å². The van der Waals surface area contributed by atoms with E-state index in [-0.39, 0.29) is 11.3 Å². The summed E-state index contributed by atoms with van der Waals surface area (Å²) in [5, 5.41) is 3.43. The molecule has 0 unspecified atom stereocenters. The van der Waals surface area contributed by atoms with Crippen LogP contribution in [0.25, 0.3) is 22.4 Å². The number of imidazole rings is 1. The smallest absolute Gasteiger partial charge is 0.301 e. The number of ether oxygens (including phenoxy) is 2. The Hall–Kier alpha value is -3.50. The molecule has 3 heterocycles. The average molecular weight is 522 g/mol. The number of fused-ring (bicyclic) bond motifs is 1. The zero-order chi connectivity index (χ0) is 26.2. The lowest BCUT2D eigenvalue weighted by molar-refractivity contribution is -0.120. The summed E-state index contributed by atoms with van der Waals surface area (Å²) in [5.41, 5.74) is 3.96. The van der Waals surface area contributed by atoms with Crippen molar-refractivity contribution >= 4 is 28.7 Å². The van der Waals surface area contributed by atoms with E-state index in [0.29, 0.717) is 53.5 Å². The van der Waals surface area contributed by atoms with Crippen molar-refractivity contribution < 1.29 is 19.1 Å². The zero-order valence-corrected chi connectivity index (χ0v) is 21.6. The lowest BCUT2D eigenvalue weighted by atomic mass is 9.79. The number of aromatic amines is 1. The van der Waals surface area contributed by atoms with Crippen molar-refractivity contribution in [3.63, 3.8) is 0 Å². The van der Waals surface area contributed by atoms with Crippen molar-refractivity contribution in [3.05, 3.63) is 70.7 Å². The first-order valence-corrected chi connectivity index (χ1v) is 12.2. The Labute approximate surface area is 219 Å². The monoisotopic (exact) mass is 521 g/mol. The fraction of sp³-hybridized carbons (Fsp3) is 0.296. The molecule has 1 amide bonds. The van der Waals surface area contributed by atoms with Crippen LogP contribution in [-0.2, 0) is 25.3 Å². The van der Waals surface area contributed by atoms with Gasteiger partial charge in [-0.3, -0.25) is 4.79 Å². The summed E-state index contributed by atoms with van der Waals surface area (Å²) in [7, 11) is 0. The molecule has 10 heteroatoms. The van der Waals surface area contributed by atoms with Crippen molar-refractivity contribution in [2.24, 2.45) is 5.90 Å². The van der Waals surface area contributed by atoms with Crippen molar-refractivity contribution in [2.45, 2.75) is 31.7 Å². The Morgan fingerprint density at radius 1 is 1.16 bits per heavy atom. The second-order valence-electron chi connectivity index (χ2n) is 9.83. The molecule has 2 aromatic carbocycles. The van der Waals surface area contributed by atoms with Gasteiger partial charge in [-0.2, -0.15) is 4.98 Å². The first-order valence-electron chi connectivity index (χ1n) is 11.8. The number of nitrogens with two attached hydrogens (primary N) is 1. The second-order valence-corrected chi connectivity index (χ2v) is 10.2. The zero-order valence-electron chi connectivity index (χ0n) is 20.8. The van der Waals surface area contributed by atoms with E-state index < -0.39 is 5.54 Å². The van der Waals surface area contributed by atoms with E-state index in [1.165, 1.54) is 6.92 Å². The van der Waals surface area contributed by atoms with Gasteiger partial charge in [-0.1, -0.05) is 48.0 Å². The fourth-order valence-corrected chi connectivity index (χ4v) is 4.79. The Morgan fingerprint density at radius 2 is 1.86 bits per heavy atom. The molecule has 1 fully saturated rings. The third-order valence-corrected chi connectivity index (χ3v) is 6.86. The highest BCUT2D eigenvalue weighted by Crippen LogP contribution is 2.35. The standard InChI is InChI=1S/C27H28ClN5O4/c1-16(34)33-26(2,3)18-8-10-20(11-9-18)37-25-30-22-12-21(28)23(31-24(22)32-25)17-4-6-19(7-5-17)27(15-36-29)13-35-14-27/h4-12H,13-15,29H2,1-3H3,(H,33,34)(H,30,31,32). The van der Waals surface area contributed by atoms with Crippen LogP contribution in [0, 0.1) is 0 Å². The maximum absolute atomic E-state index is 11.5. The van der Waals surface area contributed by atoms with Gasteiger partial charge in [0.1, 0.15) is 5.75 Å². The molecule has 4 aromatic rings. The molecular formula is C27H28ClN5O4. The molecule has 0 saturated carbocycles. The summed E-state index contributed by atoms with van der Waals surface area (Å²) >= 11 is 6.58. The van der Waals surface area contributed by atoms with Crippen LogP contribution >= 0.6 is 11.6 Å². The van der Waals surface area contributed by atoms with E-state index >= 15 is 0 Å². The van der Waals surface area contributed by atoms with Gasteiger partial charge >= 0.3 is 6.01 Å². The molecular weight excluding hydrogens is 494 g/mol. The van der Waals surface area contributed by atoms with Crippen LogP contribution in [0.5, 0.6) is 11.8 Å². The molecule has 9 nitrogen and oxygen atoms in total. The predicted molar refractivity (Wildman–Crippen MR) is 140 cm³/mol. The fourth-order valence-electron chi connectivity index (χ4n) is 4.53. The van der Waals surface area contributed by atoms with Crippen LogP contribution in [0.3, 0.4) is 0 Å². The van der Waals surface area contributed by atoms with Crippen molar-refractivity contribution in [3.8, 4) is 23.0 Å². The summed E-state index contributed by atoms with van der Waals surface area (Å²) in [5.74, 6) is 5.83. The number of hydrogen-bond acceptors (Lipinski definition) is 7. The van der Waals surface area contributed by atoms with Crippen LogP contribution in [-0.4, -0.2) is 40.7 Å². The normalized spacial score (nSPS) is 14.8. The van der Waals surface area contributed by atoms with Gasteiger partial charge in [-0.15, -0.1) is 0 Å². The number of nitrogens with zero attached hydrogens (tertiary/aromatic N) is 2. The molecule has 0 aliphatic carbocycles. The minimum Gasteiger partial charge on any atom is -0.426 e. The largest absolute Gasteiger partial charge is 0.426 e. The molecule has 1 aliphatic heterocycles. The summed E-state index contributed by atoms with van der Waals surface area (Å²) < 4.78 is 11.3. The number of amides is 1. The predicted octanol–water partition coefficient (Wildman–Crippen LogP) is 4.60. The minimum atomic E-state index is -0.497. The van der Waals surface area contributed by atoms with Crippen molar-refractivity contribution in [1.29, 1.82) is 0 Å². The number of carbonyl (C=O) groups excluding carboxylic acids is 1. The lowest BCUT2D eigenvalue weighted by Crippen LogP contribution is -2.50. The molecule has 0 atom stereocenters. The van der Waals surface area contributed by atoms with E-state index in [1.807, 2.05) is 62.4 Å². The van der Waals surface area contributed by atoms with Gasteiger partial charge in [0.15, 0.2) is 5.65 Å². The van der Waals surface area contributed by atoms with Crippen LogP contribution in [0.4, 0.5) is 0 Å². The third-order valence-electron chi connectivity index (χ3n) is 6.57. The molecule has 0 radical (unpaired) electrons. The number of benzene rings is 2. The first kappa shape index (κ1) is 25.2. The van der Waals surface area contributed by atoms with Crippen molar-refractivity contribution in [1.82, 2.24) is 20.3 Å². The lowest BCUT2D eigenvalue weighted by Gasteiger charge is -2.41. The summed E-state index contributed by atoms with van der Waals surface area (Å²) in [6.45, 7) is 6.92. The highest BCUT2D eigenvalue weighted by atomic mass is 35.5. The van der Waals surface area contributed by atoms with Gasteiger partial charge < -0.3 is 24.6 Å². The van der Waals surface area contributed by atoms with Crippen LogP contribution in [0.2, 0.25) is 5.02 Å².